The van der Waals surface area contributed by atoms with Gasteiger partial charge >= 0.3 is 5.97 Å². The standard InChI is InChI=1S/C16H18N2O3S/c1-9(19)17-15-18-12(13(22-15)14(20)21)10-5-7-11(8-6-10)16(2,3)4/h5-8H,1-4H3,(H,20,21)(H,17,18,19). The Morgan fingerprint density at radius 1 is 1.18 bits per heavy atom. The number of carbonyl (C=O) groups is 2. The molecule has 0 saturated heterocycles. The molecule has 0 radical (unpaired) electrons. The zero-order valence-electron chi connectivity index (χ0n) is 12.9. The van der Waals surface area contributed by atoms with Crippen molar-refractivity contribution in [1.29, 1.82) is 0 Å². The number of nitrogens with one attached hydrogen (secondary N) is 1. The van der Waals surface area contributed by atoms with Crippen molar-refractivity contribution in [2.75, 3.05) is 5.32 Å². The summed E-state index contributed by atoms with van der Waals surface area (Å²) in [6, 6.07) is 7.66. The summed E-state index contributed by atoms with van der Waals surface area (Å²) in [5.41, 5.74) is 2.28. The number of hydrogen-bond donors (Lipinski definition) is 2. The van der Waals surface area contributed by atoms with Crippen molar-refractivity contribution < 1.29 is 14.7 Å². The molecule has 1 heterocycles. The van der Waals surface area contributed by atoms with Gasteiger partial charge in [0.05, 0.1) is 5.69 Å². The fourth-order valence-electron chi connectivity index (χ4n) is 1.99. The first-order chi connectivity index (χ1) is 10.2. The maximum absolute atomic E-state index is 11.4. The monoisotopic (exact) mass is 318 g/mol. The van der Waals surface area contributed by atoms with Crippen LogP contribution in [0, 0.1) is 0 Å². The van der Waals surface area contributed by atoms with Gasteiger partial charge < -0.3 is 10.4 Å². The first-order valence-electron chi connectivity index (χ1n) is 6.81. The number of anilines is 1. The second kappa shape index (κ2) is 5.88. The lowest BCUT2D eigenvalue weighted by Gasteiger charge is -2.19. The number of nitrogens with zero attached hydrogens (tertiary/aromatic N) is 1. The van der Waals surface area contributed by atoms with Gasteiger partial charge in [-0.05, 0) is 11.0 Å². The summed E-state index contributed by atoms with van der Waals surface area (Å²) in [4.78, 5) is 26.8. The molecular formula is C16H18N2O3S. The first kappa shape index (κ1) is 16.2. The average Bonchev–Trinajstić information content (AvgIpc) is 2.81. The summed E-state index contributed by atoms with van der Waals surface area (Å²) < 4.78 is 0. The van der Waals surface area contributed by atoms with Gasteiger partial charge in [-0.2, -0.15) is 0 Å². The number of carbonyl (C=O) groups excluding carboxylic acids is 1. The predicted octanol–water partition coefficient (Wildman–Crippen LogP) is 3.76. The van der Waals surface area contributed by atoms with Crippen molar-refractivity contribution in [2.45, 2.75) is 33.1 Å². The highest BCUT2D eigenvalue weighted by molar-refractivity contribution is 7.18. The molecule has 0 unspecified atom stereocenters. The summed E-state index contributed by atoms with van der Waals surface area (Å²) in [6.45, 7) is 7.70. The maximum atomic E-state index is 11.4. The van der Waals surface area contributed by atoms with Crippen LogP contribution in [0.4, 0.5) is 5.13 Å². The van der Waals surface area contributed by atoms with Crippen LogP contribution >= 0.6 is 11.3 Å². The van der Waals surface area contributed by atoms with Gasteiger partial charge in [0, 0.05) is 12.5 Å². The van der Waals surface area contributed by atoms with Crippen molar-refractivity contribution in [3.63, 3.8) is 0 Å². The lowest BCUT2D eigenvalue weighted by atomic mass is 9.86. The summed E-state index contributed by atoms with van der Waals surface area (Å²) in [5, 5.41) is 12.1. The van der Waals surface area contributed by atoms with Gasteiger partial charge in [0.25, 0.3) is 0 Å². The Hall–Kier alpha value is -2.21. The number of carboxylic acids is 1. The highest BCUT2D eigenvalue weighted by atomic mass is 32.1. The molecule has 2 N–H and O–H groups in total. The number of aromatic carboxylic acids is 1. The molecule has 6 heteroatoms. The van der Waals surface area contributed by atoms with Crippen molar-refractivity contribution in [1.82, 2.24) is 4.98 Å². The van der Waals surface area contributed by atoms with E-state index in [2.05, 4.69) is 31.1 Å². The van der Waals surface area contributed by atoms with Crippen molar-refractivity contribution in [3.8, 4) is 11.3 Å². The van der Waals surface area contributed by atoms with Crippen LogP contribution in [0.3, 0.4) is 0 Å². The third-order valence-electron chi connectivity index (χ3n) is 3.13. The molecule has 2 aromatic rings. The predicted molar refractivity (Wildman–Crippen MR) is 87.5 cm³/mol. The van der Waals surface area contributed by atoms with Crippen LogP contribution in [0.2, 0.25) is 0 Å². The highest BCUT2D eigenvalue weighted by Gasteiger charge is 2.20. The summed E-state index contributed by atoms with van der Waals surface area (Å²) >= 11 is 0.958. The Morgan fingerprint density at radius 3 is 2.23 bits per heavy atom. The fourth-order valence-corrected chi connectivity index (χ4v) is 2.87. The van der Waals surface area contributed by atoms with Gasteiger partial charge in [0.2, 0.25) is 5.91 Å². The zero-order valence-corrected chi connectivity index (χ0v) is 13.7. The molecule has 2 rings (SSSR count). The number of thiazole rings is 1. The Labute approximate surface area is 133 Å². The number of carboxylic acid groups (broad SMARTS) is 1. The minimum absolute atomic E-state index is 0.0254. The third-order valence-corrected chi connectivity index (χ3v) is 4.09. The third kappa shape index (κ3) is 3.51. The minimum atomic E-state index is -1.05. The summed E-state index contributed by atoms with van der Waals surface area (Å²) in [7, 11) is 0. The Kier molecular flexibility index (Phi) is 4.32. The van der Waals surface area contributed by atoms with Crippen LogP contribution in [0.5, 0.6) is 0 Å². The molecule has 0 aliphatic rings. The van der Waals surface area contributed by atoms with E-state index >= 15 is 0 Å². The lowest BCUT2D eigenvalue weighted by Crippen LogP contribution is -2.10. The average molecular weight is 318 g/mol. The van der Waals surface area contributed by atoms with Crippen LogP contribution in [0.25, 0.3) is 11.3 Å². The number of benzene rings is 1. The zero-order chi connectivity index (χ0) is 16.5. The lowest BCUT2D eigenvalue weighted by molar-refractivity contribution is -0.114. The quantitative estimate of drug-likeness (QED) is 0.903. The van der Waals surface area contributed by atoms with Gasteiger partial charge in [0.1, 0.15) is 4.88 Å². The van der Waals surface area contributed by atoms with E-state index in [-0.39, 0.29) is 16.2 Å². The topological polar surface area (TPSA) is 79.3 Å². The molecule has 0 saturated carbocycles. The van der Waals surface area contributed by atoms with E-state index in [1.807, 2.05) is 24.3 Å². The van der Waals surface area contributed by atoms with E-state index < -0.39 is 5.97 Å². The molecule has 0 bridgehead atoms. The van der Waals surface area contributed by atoms with E-state index in [1.165, 1.54) is 6.92 Å². The van der Waals surface area contributed by atoms with Gasteiger partial charge in [0.15, 0.2) is 5.13 Å². The van der Waals surface area contributed by atoms with E-state index in [0.717, 1.165) is 22.5 Å². The molecule has 1 amide bonds. The second-order valence-electron chi connectivity index (χ2n) is 6.01. The molecule has 0 fully saturated rings. The Bertz CT molecular complexity index is 712. The second-order valence-corrected chi connectivity index (χ2v) is 7.01. The smallest absolute Gasteiger partial charge is 0.348 e. The molecule has 1 aromatic carbocycles. The van der Waals surface area contributed by atoms with Crippen LogP contribution in [-0.4, -0.2) is 22.0 Å². The fraction of sp³-hybridized carbons (Fsp3) is 0.312. The van der Waals surface area contributed by atoms with Crippen LogP contribution in [0.15, 0.2) is 24.3 Å². The molecule has 0 aliphatic heterocycles. The van der Waals surface area contributed by atoms with E-state index in [1.54, 1.807) is 0 Å². The number of aromatic nitrogens is 1. The summed E-state index contributed by atoms with van der Waals surface area (Å²) in [6.07, 6.45) is 0. The largest absolute Gasteiger partial charge is 0.477 e. The van der Waals surface area contributed by atoms with Gasteiger partial charge in [-0.15, -0.1) is 0 Å². The Morgan fingerprint density at radius 2 is 1.77 bits per heavy atom. The Balaban J connectivity index is 2.44. The van der Waals surface area contributed by atoms with Crippen molar-refractivity contribution >= 4 is 28.3 Å². The van der Waals surface area contributed by atoms with Crippen LogP contribution < -0.4 is 5.32 Å². The van der Waals surface area contributed by atoms with E-state index in [0.29, 0.717) is 10.8 Å². The van der Waals surface area contributed by atoms with Crippen LogP contribution in [-0.2, 0) is 10.2 Å². The van der Waals surface area contributed by atoms with E-state index in [9.17, 15) is 14.7 Å². The number of amides is 1. The first-order valence-corrected chi connectivity index (χ1v) is 7.63. The molecule has 0 spiro atoms. The normalized spacial score (nSPS) is 11.3. The van der Waals surface area contributed by atoms with Crippen LogP contribution in [0.1, 0.15) is 42.9 Å². The van der Waals surface area contributed by atoms with E-state index in [4.69, 9.17) is 0 Å². The van der Waals surface area contributed by atoms with Gasteiger partial charge in [-0.1, -0.05) is 56.4 Å². The highest BCUT2D eigenvalue weighted by Crippen LogP contribution is 2.32. The SMILES string of the molecule is CC(=O)Nc1nc(-c2ccc(C(C)(C)C)cc2)c(C(=O)O)s1. The molecule has 22 heavy (non-hydrogen) atoms. The van der Waals surface area contributed by atoms with Crippen molar-refractivity contribution in [2.24, 2.45) is 0 Å². The van der Waals surface area contributed by atoms with Gasteiger partial charge in [-0.3, -0.25) is 4.79 Å². The summed E-state index contributed by atoms with van der Waals surface area (Å²) in [5.74, 6) is -1.33. The molecule has 0 aliphatic carbocycles. The molecule has 0 atom stereocenters. The molecule has 5 nitrogen and oxygen atoms in total. The molecule has 116 valence electrons. The number of hydrogen-bond acceptors (Lipinski definition) is 4. The number of rotatable bonds is 3. The minimum Gasteiger partial charge on any atom is -0.477 e. The maximum Gasteiger partial charge on any atom is 0.348 e. The van der Waals surface area contributed by atoms with Gasteiger partial charge in [-0.25, -0.2) is 9.78 Å². The molecular weight excluding hydrogens is 300 g/mol. The molecule has 1 aromatic heterocycles. The van der Waals surface area contributed by atoms with Crippen molar-refractivity contribution in [3.05, 3.63) is 34.7 Å².